The summed E-state index contributed by atoms with van der Waals surface area (Å²) in [7, 11) is 1.71. The molecule has 2 N–H and O–H groups in total. The summed E-state index contributed by atoms with van der Waals surface area (Å²) in [5.74, 6) is 0.339. The molecule has 1 aromatic carbocycles. The van der Waals surface area contributed by atoms with Crippen molar-refractivity contribution >= 4 is 33.3 Å². The Morgan fingerprint density at radius 2 is 2.00 bits per heavy atom. The average Bonchev–Trinajstić information content (AvgIpc) is 2.69. The van der Waals surface area contributed by atoms with Gasteiger partial charge in [-0.05, 0) is 36.4 Å². The topological polar surface area (TPSA) is 72.5 Å². The van der Waals surface area contributed by atoms with E-state index < -0.39 is 0 Å². The molecule has 1 aliphatic rings. The number of methoxy groups -OCH3 is 1. The smallest absolute Gasteiger partial charge is 0.259 e. The number of anilines is 2. The second-order valence-electron chi connectivity index (χ2n) is 6.21. The number of benzene rings is 1. The molecule has 1 aromatic heterocycles. The van der Waals surface area contributed by atoms with Crippen LogP contribution >= 0.6 is 15.9 Å². The van der Waals surface area contributed by atoms with Crippen LogP contribution in [0.15, 0.2) is 47.1 Å². The maximum Gasteiger partial charge on any atom is 0.259 e. The van der Waals surface area contributed by atoms with Gasteiger partial charge in [0.2, 0.25) is 0 Å². The van der Waals surface area contributed by atoms with Gasteiger partial charge < -0.3 is 20.1 Å². The van der Waals surface area contributed by atoms with Crippen LogP contribution in [-0.4, -0.2) is 43.4 Å². The van der Waals surface area contributed by atoms with Gasteiger partial charge in [0.25, 0.3) is 5.91 Å². The van der Waals surface area contributed by atoms with Crippen LogP contribution in [0.4, 0.5) is 11.5 Å². The third kappa shape index (κ3) is 4.60. The Morgan fingerprint density at radius 1 is 1.27 bits per heavy atom. The highest BCUT2D eigenvalue weighted by molar-refractivity contribution is 9.10. The normalized spacial score (nSPS) is 16.1. The molecule has 0 radical (unpaired) electrons. The second-order valence-corrected chi connectivity index (χ2v) is 7.13. The first-order valence-electron chi connectivity index (χ1n) is 8.51. The Kier molecular flexibility index (Phi) is 6.24. The number of carbonyl (C=O) groups excluding carboxylic acids is 1. The van der Waals surface area contributed by atoms with Crippen molar-refractivity contribution in [2.75, 3.05) is 37.5 Å². The molecule has 1 aliphatic heterocycles. The van der Waals surface area contributed by atoms with Gasteiger partial charge in [-0.1, -0.05) is 15.9 Å². The van der Waals surface area contributed by atoms with E-state index in [2.05, 4.69) is 31.5 Å². The van der Waals surface area contributed by atoms with Crippen LogP contribution < -0.4 is 10.6 Å². The van der Waals surface area contributed by atoms with E-state index in [-0.39, 0.29) is 11.5 Å². The molecular weight excluding hydrogens is 398 g/mol. The third-order valence-electron chi connectivity index (χ3n) is 4.57. The number of halogens is 1. The summed E-state index contributed by atoms with van der Waals surface area (Å²) in [5, 5.41) is 6.19. The van der Waals surface area contributed by atoms with Crippen molar-refractivity contribution < 1.29 is 14.3 Å². The maximum atomic E-state index is 12.7. The third-order valence-corrected chi connectivity index (χ3v) is 5.10. The number of nitrogens with zero attached hydrogens (tertiary/aromatic N) is 1. The fraction of sp³-hybridized carbons (Fsp3) is 0.368. The summed E-state index contributed by atoms with van der Waals surface area (Å²) < 4.78 is 12.1. The first-order chi connectivity index (χ1) is 12.6. The Bertz CT molecular complexity index is 746. The molecule has 0 saturated carbocycles. The van der Waals surface area contributed by atoms with E-state index in [1.807, 2.05) is 24.3 Å². The van der Waals surface area contributed by atoms with Crippen LogP contribution in [0.1, 0.15) is 23.2 Å². The minimum Gasteiger partial charge on any atom is -0.381 e. The molecule has 138 valence electrons. The van der Waals surface area contributed by atoms with E-state index in [4.69, 9.17) is 9.47 Å². The van der Waals surface area contributed by atoms with E-state index in [9.17, 15) is 4.79 Å². The largest absolute Gasteiger partial charge is 0.381 e. The van der Waals surface area contributed by atoms with Crippen molar-refractivity contribution in [1.82, 2.24) is 4.98 Å². The lowest BCUT2D eigenvalue weighted by molar-refractivity contribution is -0.0807. The van der Waals surface area contributed by atoms with Crippen LogP contribution in [0, 0.1) is 0 Å². The predicted octanol–water partition coefficient (Wildman–Crippen LogP) is 3.70. The average molecular weight is 420 g/mol. The Labute approximate surface area is 161 Å². The number of carbonyl (C=O) groups is 1. The standard InChI is InChI=1S/C19H22BrN3O3/c1-25-19(8-11-26-12-9-19)13-22-17-16(3-2-10-21-17)18(24)23-15-6-4-14(20)5-7-15/h2-7,10H,8-9,11-13H2,1H3,(H,21,22)(H,23,24). The number of pyridine rings is 1. The van der Waals surface area contributed by atoms with E-state index in [0.29, 0.717) is 31.1 Å². The Morgan fingerprint density at radius 3 is 2.69 bits per heavy atom. The van der Waals surface area contributed by atoms with E-state index in [1.165, 1.54) is 0 Å². The summed E-state index contributed by atoms with van der Waals surface area (Å²) in [5.41, 5.74) is 0.925. The summed E-state index contributed by atoms with van der Waals surface area (Å²) in [6.45, 7) is 1.92. The minimum absolute atomic E-state index is 0.207. The SMILES string of the molecule is COC1(CNc2ncccc2C(=O)Nc2ccc(Br)cc2)CCOCC1. The molecule has 0 unspecified atom stereocenters. The maximum absolute atomic E-state index is 12.7. The number of rotatable bonds is 6. The van der Waals surface area contributed by atoms with Gasteiger partial charge in [0.1, 0.15) is 5.82 Å². The minimum atomic E-state index is -0.296. The fourth-order valence-electron chi connectivity index (χ4n) is 2.90. The van der Waals surface area contributed by atoms with Gasteiger partial charge in [-0.2, -0.15) is 0 Å². The first kappa shape index (κ1) is 18.8. The lowest BCUT2D eigenvalue weighted by atomic mass is 9.94. The van der Waals surface area contributed by atoms with Crippen LogP contribution in [0.5, 0.6) is 0 Å². The summed E-state index contributed by atoms with van der Waals surface area (Å²) in [6, 6.07) is 11.0. The van der Waals surface area contributed by atoms with Crippen LogP contribution in [-0.2, 0) is 9.47 Å². The Hall–Kier alpha value is -1.96. The van der Waals surface area contributed by atoms with E-state index in [0.717, 1.165) is 23.0 Å². The van der Waals surface area contributed by atoms with Gasteiger partial charge in [-0.15, -0.1) is 0 Å². The van der Waals surface area contributed by atoms with Crippen molar-refractivity contribution in [3.05, 3.63) is 52.6 Å². The highest BCUT2D eigenvalue weighted by Gasteiger charge is 2.32. The van der Waals surface area contributed by atoms with Crippen molar-refractivity contribution in [3.63, 3.8) is 0 Å². The number of amides is 1. The molecule has 7 heteroatoms. The van der Waals surface area contributed by atoms with Crippen LogP contribution in [0.3, 0.4) is 0 Å². The first-order valence-corrected chi connectivity index (χ1v) is 9.30. The molecule has 0 bridgehead atoms. The highest BCUT2D eigenvalue weighted by atomic mass is 79.9. The lowest BCUT2D eigenvalue weighted by Crippen LogP contribution is -2.44. The van der Waals surface area contributed by atoms with Crippen molar-refractivity contribution in [2.24, 2.45) is 0 Å². The molecule has 3 rings (SSSR count). The zero-order valence-corrected chi connectivity index (χ0v) is 16.2. The molecule has 26 heavy (non-hydrogen) atoms. The molecule has 0 spiro atoms. The fourth-order valence-corrected chi connectivity index (χ4v) is 3.17. The van der Waals surface area contributed by atoms with Gasteiger partial charge in [-0.3, -0.25) is 4.79 Å². The summed E-state index contributed by atoms with van der Waals surface area (Å²) >= 11 is 3.38. The number of hydrogen-bond acceptors (Lipinski definition) is 5. The second kappa shape index (κ2) is 8.62. The Balaban J connectivity index is 1.71. The molecule has 1 amide bonds. The molecule has 2 aromatic rings. The lowest BCUT2D eigenvalue weighted by Gasteiger charge is -2.36. The summed E-state index contributed by atoms with van der Waals surface area (Å²) in [6.07, 6.45) is 3.29. The molecule has 1 saturated heterocycles. The van der Waals surface area contributed by atoms with Crippen molar-refractivity contribution in [3.8, 4) is 0 Å². The van der Waals surface area contributed by atoms with Crippen LogP contribution in [0.2, 0.25) is 0 Å². The monoisotopic (exact) mass is 419 g/mol. The number of nitrogens with one attached hydrogen (secondary N) is 2. The molecular formula is C19H22BrN3O3. The quantitative estimate of drug-likeness (QED) is 0.746. The molecule has 6 nitrogen and oxygen atoms in total. The predicted molar refractivity (Wildman–Crippen MR) is 105 cm³/mol. The van der Waals surface area contributed by atoms with E-state index >= 15 is 0 Å². The zero-order chi connectivity index (χ0) is 18.4. The molecule has 1 fully saturated rings. The van der Waals surface area contributed by atoms with Gasteiger partial charge in [0.05, 0.1) is 11.2 Å². The van der Waals surface area contributed by atoms with Gasteiger partial charge in [-0.25, -0.2) is 4.98 Å². The van der Waals surface area contributed by atoms with Crippen molar-refractivity contribution in [2.45, 2.75) is 18.4 Å². The number of hydrogen-bond donors (Lipinski definition) is 2. The highest BCUT2D eigenvalue weighted by Crippen LogP contribution is 2.25. The molecule has 0 atom stereocenters. The number of aromatic nitrogens is 1. The van der Waals surface area contributed by atoms with Crippen molar-refractivity contribution in [1.29, 1.82) is 0 Å². The van der Waals surface area contributed by atoms with Crippen LogP contribution in [0.25, 0.3) is 0 Å². The zero-order valence-electron chi connectivity index (χ0n) is 14.6. The van der Waals surface area contributed by atoms with Gasteiger partial charge >= 0.3 is 0 Å². The van der Waals surface area contributed by atoms with Gasteiger partial charge in [0.15, 0.2) is 0 Å². The summed E-state index contributed by atoms with van der Waals surface area (Å²) in [4.78, 5) is 17.0. The number of ether oxygens (including phenoxy) is 2. The molecule has 2 heterocycles. The van der Waals surface area contributed by atoms with E-state index in [1.54, 1.807) is 25.4 Å². The molecule has 0 aliphatic carbocycles. The van der Waals surface area contributed by atoms with Gasteiger partial charge in [0, 0.05) is 56.1 Å².